The van der Waals surface area contributed by atoms with Gasteiger partial charge in [0, 0.05) is 35.9 Å². The lowest BCUT2D eigenvalue weighted by Gasteiger charge is -2.39. The Balaban J connectivity index is 1.45. The van der Waals surface area contributed by atoms with E-state index >= 15 is 0 Å². The average molecular weight is 569 g/mol. The van der Waals surface area contributed by atoms with E-state index in [1.807, 2.05) is 84.9 Å². The van der Waals surface area contributed by atoms with Crippen molar-refractivity contribution >= 4 is 17.3 Å². The van der Waals surface area contributed by atoms with Crippen molar-refractivity contribution in [3.8, 4) is 0 Å². The van der Waals surface area contributed by atoms with Crippen LogP contribution in [0, 0.1) is 0 Å². The molecule has 0 aliphatic carbocycles. The lowest BCUT2D eigenvalue weighted by molar-refractivity contribution is -0.143. The zero-order valence-corrected chi connectivity index (χ0v) is 21.7. The van der Waals surface area contributed by atoms with Gasteiger partial charge in [-0.05, 0) is 65.9 Å². The maximum absolute atomic E-state index is 13.4. The maximum Gasteiger partial charge on any atom is 0.416 e. The fourth-order valence-electron chi connectivity index (χ4n) is 5.37. The summed E-state index contributed by atoms with van der Waals surface area (Å²) < 4.78 is 80.6. The van der Waals surface area contributed by atoms with Gasteiger partial charge in [-0.15, -0.1) is 0 Å². The van der Waals surface area contributed by atoms with Crippen molar-refractivity contribution in [3.05, 3.63) is 131 Å². The number of alkyl halides is 6. The highest BCUT2D eigenvalue weighted by atomic mass is 19.4. The first kappa shape index (κ1) is 28.3. The number of piperidine rings is 1. The predicted octanol–water partition coefficient (Wildman–Crippen LogP) is 8.88. The molecule has 4 aromatic rings. The maximum atomic E-state index is 13.4. The number of benzene rings is 4. The summed E-state index contributed by atoms with van der Waals surface area (Å²) in [5.74, 6) is -1.12. The van der Waals surface area contributed by atoms with E-state index in [2.05, 4.69) is 5.32 Å². The van der Waals surface area contributed by atoms with E-state index in [0.29, 0.717) is 18.6 Å². The van der Waals surface area contributed by atoms with Crippen molar-refractivity contribution < 1.29 is 31.1 Å². The summed E-state index contributed by atoms with van der Waals surface area (Å²) >= 11 is 0. The van der Waals surface area contributed by atoms with Gasteiger partial charge in [-0.2, -0.15) is 26.3 Å². The number of anilines is 2. The number of halogens is 6. The van der Waals surface area contributed by atoms with Crippen LogP contribution in [0.3, 0.4) is 0 Å². The van der Waals surface area contributed by atoms with Crippen molar-refractivity contribution in [3.63, 3.8) is 0 Å². The molecule has 41 heavy (non-hydrogen) atoms. The third kappa shape index (κ3) is 6.56. The highest BCUT2D eigenvalue weighted by molar-refractivity contribution is 5.95. The zero-order chi connectivity index (χ0) is 29.2. The molecule has 1 aliphatic rings. The number of likely N-dealkylation sites (tertiary alicyclic amines) is 1. The molecule has 1 fully saturated rings. The fourth-order valence-corrected chi connectivity index (χ4v) is 5.37. The number of rotatable bonds is 5. The first-order valence-electron chi connectivity index (χ1n) is 13.0. The van der Waals surface area contributed by atoms with Gasteiger partial charge in [0.1, 0.15) is 0 Å². The molecule has 5 rings (SSSR count). The lowest BCUT2D eigenvalue weighted by atomic mass is 9.76. The zero-order valence-electron chi connectivity index (χ0n) is 21.7. The largest absolute Gasteiger partial charge is 0.416 e. The number of hydrogen-bond donors (Lipinski definition) is 1. The van der Waals surface area contributed by atoms with E-state index in [4.69, 9.17) is 0 Å². The topological polar surface area (TPSA) is 32.3 Å². The van der Waals surface area contributed by atoms with Crippen LogP contribution in [0.5, 0.6) is 0 Å². The first-order chi connectivity index (χ1) is 19.5. The average Bonchev–Trinajstić information content (AvgIpc) is 2.96. The van der Waals surface area contributed by atoms with Crippen molar-refractivity contribution in [2.45, 2.75) is 30.6 Å². The highest BCUT2D eigenvalue weighted by Gasteiger charge is 2.39. The minimum atomic E-state index is -5.03. The first-order valence-corrected chi connectivity index (χ1v) is 13.0. The Morgan fingerprint density at radius 1 is 0.659 bits per heavy atom. The van der Waals surface area contributed by atoms with E-state index in [1.54, 1.807) is 0 Å². The van der Waals surface area contributed by atoms with Crippen LogP contribution in [0.25, 0.3) is 0 Å². The lowest BCUT2D eigenvalue weighted by Crippen LogP contribution is -2.42. The normalized spacial score (nSPS) is 17.8. The van der Waals surface area contributed by atoms with E-state index in [9.17, 15) is 31.1 Å². The van der Waals surface area contributed by atoms with Gasteiger partial charge in [-0.25, -0.2) is 0 Å². The minimum Gasteiger partial charge on any atom is -0.356 e. The Bertz CT molecular complexity index is 1470. The van der Waals surface area contributed by atoms with Crippen molar-refractivity contribution in [1.82, 2.24) is 4.90 Å². The van der Waals surface area contributed by atoms with Crippen LogP contribution in [0.1, 0.15) is 50.9 Å². The Morgan fingerprint density at radius 2 is 1.22 bits per heavy atom. The van der Waals surface area contributed by atoms with Crippen molar-refractivity contribution in [2.75, 3.05) is 18.4 Å². The van der Waals surface area contributed by atoms with E-state index in [-0.39, 0.29) is 31.0 Å². The molecule has 212 valence electrons. The smallest absolute Gasteiger partial charge is 0.356 e. The molecule has 2 atom stereocenters. The summed E-state index contributed by atoms with van der Waals surface area (Å²) in [7, 11) is 0. The van der Waals surface area contributed by atoms with Crippen LogP contribution in [0.4, 0.5) is 37.7 Å². The SMILES string of the molecule is O=C(c1cc(C(F)(F)F)cc(C(F)(F)F)c1)N1CC[C@@H](c2cccc(Nc3ccccc3)c2)[C@@H](c2ccccc2)C1. The fraction of sp³-hybridized carbons (Fsp3) is 0.219. The quantitative estimate of drug-likeness (QED) is 0.244. The third-order valence-corrected chi connectivity index (χ3v) is 7.34. The van der Waals surface area contributed by atoms with Gasteiger partial charge >= 0.3 is 12.4 Å². The predicted molar refractivity (Wildman–Crippen MR) is 145 cm³/mol. The van der Waals surface area contributed by atoms with Crippen molar-refractivity contribution in [1.29, 1.82) is 0 Å². The summed E-state index contributed by atoms with van der Waals surface area (Å²) in [6.45, 7) is 0.322. The molecule has 0 spiro atoms. The molecule has 4 aromatic carbocycles. The van der Waals surface area contributed by atoms with Gasteiger partial charge in [0.15, 0.2) is 0 Å². The van der Waals surface area contributed by atoms with E-state index in [0.717, 1.165) is 22.5 Å². The Hall–Kier alpha value is -4.27. The molecular formula is C32H26F6N2O. The highest BCUT2D eigenvalue weighted by Crippen LogP contribution is 2.42. The summed E-state index contributed by atoms with van der Waals surface area (Å²) in [5.41, 5.74) is 0.0979. The summed E-state index contributed by atoms with van der Waals surface area (Å²) in [4.78, 5) is 14.8. The molecular weight excluding hydrogens is 542 g/mol. The molecule has 1 aliphatic heterocycles. The molecule has 0 aromatic heterocycles. The monoisotopic (exact) mass is 568 g/mol. The molecule has 3 nitrogen and oxygen atoms in total. The Kier molecular flexibility index (Phi) is 7.80. The molecule has 0 bridgehead atoms. The van der Waals surface area contributed by atoms with E-state index < -0.39 is 35.0 Å². The summed E-state index contributed by atoms with van der Waals surface area (Å²) in [6.07, 6.45) is -9.59. The number of para-hydroxylation sites is 1. The molecule has 1 amide bonds. The molecule has 0 saturated carbocycles. The van der Waals surface area contributed by atoms with Gasteiger partial charge in [0.05, 0.1) is 11.1 Å². The minimum absolute atomic E-state index is 0.0340. The standard InChI is InChI=1S/C32H26F6N2O/c33-31(34,35)24-16-23(17-25(19-24)32(36,37)38)30(41)40-15-14-28(29(20-40)21-8-3-1-4-9-21)22-10-7-13-27(18-22)39-26-11-5-2-6-12-26/h1-13,16-19,28-29,39H,14-15,20H2/t28-,29+/m0/s1. The molecule has 1 heterocycles. The van der Waals surface area contributed by atoms with Crippen LogP contribution in [0.2, 0.25) is 0 Å². The third-order valence-electron chi connectivity index (χ3n) is 7.34. The molecule has 9 heteroatoms. The number of amides is 1. The molecule has 1 saturated heterocycles. The number of carbonyl (C=O) groups excluding carboxylic acids is 1. The van der Waals surface area contributed by atoms with Gasteiger partial charge in [0.25, 0.3) is 5.91 Å². The second-order valence-electron chi connectivity index (χ2n) is 10.1. The number of carbonyl (C=O) groups is 1. The summed E-state index contributed by atoms with van der Waals surface area (Å²) in [6, 6.07) is 28.0. The number of nitrogens with one attached hydrogen (secondary N) is 1. The van der Waals surface area contributed by atoms with Crippen LogP contribution in [-0.2, 0) is 12.4 Å². The Morgan fingerprint density at radius 3 is 1.83 bits per heavy atom. The van der Waals surface area contributed by atoms with E-state index in [1.165, 1.54) is 4.90 Å². The second kappa shape index (κ2) is 11.3. The molecule has 0 unspecified atom stereocenters. The number of hydrogen-bond acceptors (Lipinski definition) is 2. The van der Waals surface area contributed by atoms with Crippen molar-refractivity contribution in [2.24, 2.45) is 0 Å². The Labute approximate surface area is 233 Å². The summed E-state index contributed by atoms with van der Waals surface area (Å²) in [5, 5.41) is 3.37. The second-order valence-corrected chi connectivity index (χ2v) is 10.1. The van der Waals surface area contributed by atoms with Crippen LogP contribution in [-0.4, -0.2) is 23.9 Å². The van der Waals surface area contributed by atoms with Gasteiger partial charge in [-0.1, -0.05) is 60.7 Å². The molecule has 0 radical (unpaired) electrons. The van der Waals surface area contributed by atoms with Gasteiger partial charge in [-0.3, -0.25) is 4.79 Å². The van der Waals surface area contributed by atoms with Gasteiger partial charge < -0.3 is 10.2 Å². The van der Waals surface area contributed by atoms with Crippen LogP contribution >= 0.6 is 0 Å². The van der Waals surface area contributed by atoms with Crippen LogP contribution in [0.15, 0.2) is 103 Å². The number of nitrogens with zero attached hydrogens (tertiary/aromatic N) is 1. The molecule has 1 N–H and O–H groups in total. The van der Waals surface area contributed by atoms with Gasteiger partial charge in [0.2, 0.25) is 0 Å². The van der Waals surface area contributed by atoms with Crippen LogP contribution < -0.4 is 5.32 Å².